The number of aryl methyl sites for hydroxylation is 1. The molecule has 29 heavy (non-hydrogen) atoms. The van der Waals surface area contributed by atoms with Crippen molar-refractivity contribution in [2.24, 2.45) is 0 Å². The standard InChI is InChI=1S/C22H18N4O3/c1-15-18(12-13-29-15)21(27)23-24-22(28)19-14-26(17-10-6-3-7-11-17)25-20(19)16-8-4-2-5-9-16/h2-14H,1H3,(H,23,27)(H,24,28). The van der Waals surface area contributed by atoms with Crippen LogP contribution in [0.1, 0.15) is 26.5 Å². The molecule has 0 bridgehead atoms. The first-order valence-corrected chi connectivity index (χ1v) is 8.99. The van der Waals surface area contributed by atoms with Crippen LogP contribution in [0.2, 0.25) is 0 Å². The van der Waals surface area contributed by atoms with Crippen molar-refractivity contribution in [2.75, 3.05) is 0 Å². The Morgan fingerprint density at radius 3 is 2.10 bits per heavy atom. The van der Waals surface area contributed by atoms with Gasteiger partial charge in [0.05, 0.1) is 23.1 Å². The van der Waals surface area contributed by atoms with Gasteiger partial charge in [0, 0.05) is 11.8 Å². The quantitative estimate of drug-likeness (QED) is 0.525. The second-order valence-corrected chi connectivity index (χ2v) is 6.34. The first kappa shape index (κ1) is 18.2. The molecule has 7 heteroatoms. The van der Waals surface area contributed by atoms with Crippen LogP contribution >= 0.6 is 0 Å². The van der Waals surface area contributed by atoms with Gasteiger partial charge < -0.3 is 4.42 Å². The molecule has 2 N–H and O–H groups in total. The van der Waals surface area contributed by atoms with E-state index in [9.17, 15) is 9.59 Å². The second-order valence-electron chi connectivity index (χ2n) is 6.34. The number of hydrazine groups is 1. The molecule has 0 aliphatic rings. The molecule has 0 saturated carbocycles. The molecule has 0 aliphatic heterocycles. The molecule has 0 fully saturated rings. The molecule has 2 aromatic heterocycles. The minimum atomic E-state index is -0.472. The lowest BCUT2D eigenvalue weighted by Gasteiger charge is -2.07. The van der Waals surface area contributed by atoms with E-state index in [-0.39, 0.29) is 0 Å². The van der Waals surface area contributed by atoms with E-state index in [0.717, 1.165) is 11.3 Å². The van der Waals surface area contributed by atoms with Crippen LogP contribution in [0.15, 0.2) is 83.6 Å². The van der Waals surface area contributed by atoms with Gasteiger partial charge in [-0.3, -0.25) is 20.4 Å². The molecule has 2 aromatic carbocycles. The summed E-state index contributed by atoms with van der Waals surface area (Å²) in [5, 5.41) is 4.59. The highest BCUT2D eigenvalue weighted by atomic mass is 16.3. The van der Waals surface area contributed by atoms with E-state index >= 15 is 0 Å². The Bertz CT molecular complexity index is 1150. The summed E-state index contributed by atoms with van der Waals surface area (Å²) >= 11 is 0. The molecule has 0 aliphatic carbocycles. The molecule has 0 unspecified atom stereocenters. The molecule has 0 spiro atoms. The fourth-order valence-corrected chi connectivity index (χ4v) is 2.93. The van der Waals surface area contributed by atoms with Crippen LogP contribution in [0.5, 0.6) is 0 Å². The maximum Gasteiger partial charge on any atom is 0.273 e. The zero-order valence-corrected chi connectivity index (χ0v) is 15.6. The van der Waals surface area contributed by atoms with Gasteiger partial charge >= 0.3 is 0 Å². The molecule has 4 rings (SSSR count). The topological polar surface area (TPSA) is 89.2 Å². The highest BCUT2D eigenvalue weighted by Gasteiger charge is 2.20. The summed E-state index contributed by atoms with van der Waals surface area (Å²) in [7, 11) is 0. The monoisotopic (exact) mass is 386 g/mol. The van der Waals surface area contributed by atoms with E-state index in [2.05, 4.69) is 16.0 Å². The number of para-hydroxylation sites is 1. The SMILES string of the molecule is Cc1occc1C(=O)NNC(=O)c1cn(-c2ccccc2)nc1-c1ccccc1. The molecule has 4 aromatic rings. The first-order chi connectivity index (χ1) is 14.1. The fraction of sp³-hybridized carbons (Fsp3) is 0.0455. The van der Waals surface area contributed by atoms with Gasteiger partial charge in [0.2, 0.25) is 0 Å². The Kier molecular flexibility index (Phi) is 4.94. The number of benzene rings is 2. The number of carbonyl (C=O) groups excluding carboxylic acids is 2. The zero-order chi connectivity index (χ0) is 20.2. The summed E-state index contributed by atoms with van der Waals surface area (Å²) in [5.74, 6) is -0.458. The Labute approximate surface area is 166 Å². The van der Waals surface area contributed by atoms with Gasteiger partial charge in [-0.15, -0.1) is 0 Å². The van der Waals surface area contributed by atoms with E-state index < -0.39 is 11.8 Å². The predicted octanol–water partition coefficient (Wildman–Crippen LogP) is 3.52. The number of hydrogen-bond donors (Lipinski definition) is 2. The summed E-state index contributed by atoms with van der Waals surface area (Å²) in [6.07, 6.45) is 3.06. The number of furan rings is 1. The third-order valence-corrected chi connectivity index (χ3v) is 4.42. The van der Waals surface area contributed by atoms with Crippen molar-refractivity contribution in [1.82, 2.24) is 20.6 Å². The van der Waals surface area contributed by atoms with Crippen molar-refractivity contribution in [3.63, 3.8) is 0 Å². The van der Waals surface area contributed by atoms with Crippen LogP contribution in [0.25, 0.3) is 16.9 Å². The third-order valence-electron chi connectivity index (χ3n) is 4.42. The summed E-state index contributed by atoms with van der Waals surface area (Å²) < 4.78 is 6.76. The van der Waals surface area contributed by atoms with Crippen LogP contribution in [0.4, 0.5) is 0 Å². The van der Waals surface area contributed by atoms with Gasteiger partial charge in [0.1, 0.15) is 11.5 Å². The van der Waals surface area contributed by atoms with Gasteiger partial charge in [-0.05, 0) is 25.1 Å². The number of hydrogen-bond acceptors (Lipinski definition) is 4. The number of nitrogens with one attached hydrogen (secondary N) is 2. The summed E-state index contributed by atoms with van der Waals surface area (Å²) in [5.41, 5.74) is 7.70. The van der Waals surface area contributed by atoms with Gasteiger partial charge in [-0.2, -0.15) is 5.10 Å². The molecule has 0 radical (unpaired) electrons. The number of amides is 2. The van der Waals surface area contributed by atoms with E-state index in [4.69, 9.17) is 4.42 Å². The number of carbonyl (C=O) groups is 2. The average molecular weight is 386 g/mol. The van der Waals surface area contributed by atoms with Crippen molar-refractivity contribution in [3.8, 4) is 16.9 Å². The Morgan fingerprint density at radius 2 is 1.48 bits per heavy atom. The van der Waals surface area contributed by atoms with Crippen molar-refractivity contribution in [3.05, 3.63) is 96.1 Å². The Balaban J connectivity index is 1.63. The maximum atomic E-state index is 12.8. The zero-order valence-electron chi connectivity index (χ0n) is 15.6. The van der Waals surface area contributed by atoms with Crippen molar-refractivity contribution in [1.29, 1.82) is 0 Å². The number of aromatic nitrogens is 2. The molecule has 0 saturated heterocycles. The van der Waals surface area contributed by atoms with Gasteiger partial charge in [0.25, 0.3) is 11.8 Å². The van der Waals surface area contributed by atoms with E-state index in [1.54, 1.807) is 23.9 Å². The van der Waals surface area contributed by atoms with Crippen LogP contribution in [0.3, 0.4) is 0 Å². The summed E-state index contributed by atoms with van der Waals surface area (Å²) in [6.45, 7) is 1.67. The minimum absolute atomic E-state index is 0.337. The van der Waals surface area contributed by atoms with Crippen LogP contribution in [-0.4, -0.2) is 21.6 Å². The van der Waals surface area contributed by atoms with E-state index in [0.29, 0.717) is 22.6 Å². The minimum Gasteiger partial charge on any atom is -0.469 e. The van der Waals surface area contributed by atoms with Gasteiger partial charge in [-0.1, -0.05) is 48.5 Å². The largest absolute Gasteiger partial charge is 0.469 e. The van der Waals surface area contributed by atoms with E-state index in [1.807, 2.05) is 60.7 Å². The Morgan fingerprint density at radius 1 is 0.862 bits per heavy atom. The Hall–Kier alpha value is -4.13. The summed E-state index contributed by atoms with van der Waals surface area (Å²) in [4.78, 5) is 25.1. The predicted molar refractivity (Wildman–Crippen MR) is 107 cm³/mol. The normalized spacial score (nSPS) is 10.5. The fourth-order valence-electron chi connectivity index (χ4n) is 2.93. The summed E-state index contributed by atoms with van der Waals surface area (Å²) in [6, 6.07) is 20.4. The van der Waals surface area contributed by atoms with Gasteiger partial charge in [-0.25, -0.2) is 4.68 Å². The maximum absolute atomic E-state index is 12.8. The van der Waals surface area contributed by atoms with Crippen molar-refractivity contribution in [2.45, 2.75) is 6.92 Å². The average Bonchev–Trinajstić information content (AvgIpc) is 3.40. The highest BCUT2D eigenvalue weighted by molar-refractivity contribution is 6.02. The molecule has 144 valence electrons. The van der Waals surface area contributed by atoms with Crippen LogP contribution in [-0.2, 0) is 0 Å². The molecule has 7 nitrogen and oxygen atoms in total. The van der Waals surface area contributed by atoms with Gasteiger partial charge in [0.15, 0.2) is 0 Å². The lowest BCUT2D eigenvalue weighted by atomic mass is 10.1. The third kappa shape index (κ3) is 3.79. The van der Waals surface area contributed by atoms with Crippen molar-refractivity contribution < 1.29 is 14.0 Å². The van der Waals surface area contributed by atoms with Crippen LogP contribution in [0, 0.1) is 6.92 Å². The smallest absolute Gasteiger partial charge is 0.273 e. The number of nitrogens with zero attached hydrogens (tertiary/aromatic N) is 2. The molecule has 2 heterocycles. The lowest BCUT2D eigenvalue weighted by molar-refractivity contribution is 0.0846. The van der Waals surface area contributed by atoms with Crippen LogP contribution < -0.4 is 10.9 Å². The first-order valence-electron chi connectivity index (χ1n) is 8.99. The molecule has 2 amide bonds. The molecule has 0 atom stereocenters. The lowest BCUT2D eigenvalue weighted by Crippen LogP contribution is -2.41. The second kappa shape index (κ2) is 7.85. The highest BCUT2D eigenvalue weighted by Crippen LogP contribution is 2.23. The van der Waals surface area contributed by atoms with E-state index in [1.165, 1.54) is 6.26 Å². The molecular weight excluding hydrogens is 368 g/mol. The molecular formula is C22H18N4O3. The van der Waals surface area contributed by atoms with Crippen molar-refractivity contribution >= 4 is 11.8 Å². The number of rotatable bonds is 4.